The van der Waals surface area contributed by atoms with Crippen molar-refractivity contribution in [3.63, 3.8) is 0 Å². The molecule has 0 aliphatic carbocycles. The molecule has 0 radical (unpaired) electrons. The smallest absolute Gasteiger partial charge is 0.241 e. The van der Waals surface area contributed by atoms with Crippen molar-refractivity contribution < 1.29 is 4.74 Å². The average Bonchev–Trinajstić information content (AvgIpc) is 2.85. The van der Waals surface area contributed by atoms with Crippen molar-refractivity contribution in [1.29, 1.82) is 0 Å². The normalized spacial score (nSPS) is 10.9. The van der Waals surface area contributed by atoms with Crippen molar-refractivity contribution in [2.24, 2.45) is 0 Å². The lowest BCUT2D eigenvalue weighted by Crippen LogP contribution is -2.07. The van der Waals surface area contributed by atoms with Crippen LogP contribution >= 0.6 is 0 Å². The van der Waals surface area contributed by atoms with Gasteiger partial charge in [0.25, 0.3) is 0 Å². The van der Waals surface area contributed by atoms with Gasteiger partial charge in [-0.3, -0.25) is 4.98 Å². The zero-order chi connectivity index (χ0) is 15.5. The molecule has 22 heavy (non-hydrogen) atoms. The molecule has 4 heteroatoms. The van der Waals surface area contributed by atoms with Gasteiger partial charge >= 0.3 is 0 Å². The summed E-state index contributed by atoms with van der Waals surface area (Å²) in [6.45, 7) is 6.06. The second kappa shape index (κ2) is 6.02. The van der Waals surface area contributed by atoms with Gasteiger partial charge in [-0.05, 0) is 39.0 Å². The summed E-state index contributed by atoms with van der Waals surface area (Å²) in [6.07, 6.45) is 3.67. The van der Waals surface area contributed by atoms with E-state index in [-0.39, 0.29) is 6.10 Å². The summed E-state index contributed by atoms with van der Waals surface area (Å²) in [5, 5.41) is 4.66. The average molecular weight is 293 g/mol. The summed E-state index contributed by atoms with van der Waals surface area (Å²) < 4.78 is 7.84. The lowest BCUT2D eigenvalue weighted by Gasteiger charge is -2.08. The van der Waals surface area contributed by atoms with Gasteiger partial charge in [0, 0.05) is 18.0 Å². The van der Waals surface area contributed by atoms with E-state index >= 15 is 0 Å². The molecular formula is C18H19N3O. The van der Waals surface area contributed by atoms with Gasteiger partial charge in [-0.25, -0.2) is 4.68 Å². The Morgan fingerprint density at radius 2 is 1.82 bits per heavy atom. The minimum atomic E-state index is 0.0638. The molecule has 0 fully saturated rings. The molecule has 0 unspecified atom stereocenters. The number of para-hydroxylation sites is 1. The zero-order valence-electron chi connectivity index (χ0n) is 13.0. The van der Waals surface area contributed by atoms with Gasteiger partial charge in [-0.1, -0.05) is 24.3 Å². The summed E-state index contributed by atoms with van der Waals surface area (Å²) in [5.74, 6) is 0.643. The van der Waals surface area contributed by atoms with Crippen molar-refractivity contribution in [3.05, 3.63) is 60.6 Å². The summed E-state index contributed by atoms with van der Waals surface area (Å²) in [6, 6.07) is 14.0. The molecule has 3 aromatic rings. The van der Waals surface area contributed by atoms with Gasteiger partial charge in [0.15, 0.2) is 0 Å². The Bertz CT molecular complexity index is 749. The Hall–Kier alpha value is -2.62. The molecule has 2 heterocycles. The molecule has 0 saturated heterocycles. The fraction of sp³-hybridized carbons (Fsp3) is 0.222. The van der Waals surface area contributed by atoms with Gasteiger partial charge in [-0.15, -0.1) is 5.10 Å². The standard InChI is InChI=1S/C18H19N3O/c1-13(2)22-18-17(15-8-7-11-19-12-15)14(3)21(20-18)16-9-5-4-6-10-16/h4-13H,1-3H3. The van der Waals surface area contributed by atoms with Crippen molar-refractivity contribution >= 4 is 0 Å². The maximum absolute atomic E-state index is 5.92. The van der Waals surface area contributed by atoms with Crippen LogP contribution in [0.25, 0.3) is 16.8 Å². The zero-order valence-corrected chi connectivity index (χ0v) is 13.0. The van der Waals surface area contributed by atoms with Gasteiger partial charge < -0.3 is 4.74 Å². The third-order valence-corrected chi connectivity index (χ3v) is 3.38. The van der Waals surface area contributed by atoms with E-state index in [1.54, 1.807) is 6.20 Å². The van der Waals surface area contributed by atoms with Crippen LogP contribution in [0.3, 0.4) is 0 Å². The third kappa shape index (κ3) is 2.72. The molecule has 0 aliphatic heterocycles. The largest absolute Gasteiger partial charge is 0.473 e. The highest BCUT2D eigenvalue weighted by atomic mass is 16.5. The Balaban J connectivity index is 2.17. The first kappa shape index (κ1) is 14.3. The van der Waals surface area contributed by atoms with E-state index in [0.29, 0.717) is 5.88 Å². The van der Waals surface area contributed by atoms with Gasteiger partial charge in [0.2, 0.25) is 5.88 Å². The molecule has 4 nitrogen and oxygen atoms in total. The Kier molecular flexibility index (Phi) is 3.92. The van der Waals surface area contributed by atoms with Crippen LogP contribution in [0.15, 0.2) is 54.9 Å². The third-order valence-electron chi connectivity index (χ3n) is 3.38. The topological polar surface area (TPSA) is 39.9 Å². The van der Waals surface area contributed by atoms with Crippen molar-refractivity contribution in [3.8, 4) is 22.7 Å². The maximum atomic E-state index is 5.92. The highest BCUT2D eigenvalue weighted by Gasteiger charge is 2.19. The molecule has 2 aromatic heterocycles. The van der Waals surface area contributed by atoms with E-state index in [9.17, 15) is 0 Å². The maximum Gasteiger partial charge on any atom is 0.241 e. The molecule has 0 spiro atoms. The minimum absolute atomic E-state index is 0.0638. The first-order valence-corrected chi connectivity index (χ1v) is 7.39. The van der Waals surface area contributed by atoms with Crippen LogP contribution < -0.4 is 4.74 Å². The Morgan fingerprint density at radius 3 is 2.45 bits per heavy atom. The second-order valence-corrected chi connectivity index (χ2v) is 5.42. The number of benzene rings is 1. The van der Waals surface area contributed by atoms with E-state index in [1.165, 1.54) is 0 Å². The quantitative estimate of drug-likeness (QED) is 0.729. The first-order valence-electron chi connectivity index (χ1n) is 7.39. The summed E-state index contributed by atoms with van der Waals surface area (Å²) in [4.78, 5) is 4.21. The van der Waals surface area contributed by atoms with Gasteiger partial charge in [-0.2, -0.15) is 0 Å². The van der Waals surface area contributed by atoms with Crippen LogP contribution in [-0.4, -0.2) is 20.9 Å². The highest BCUT2D eigenvalue weighted by molar-refractivity contribution is 5.71. The van der Waals surface area contributed by atoms with E-state index < -0.39 is 0 Å². The molecule has 0 amide bonds. The SMILES string of the molecule is Cc1c(-c2cccnc2)c(OC(C)C)nn1-c1ccccc1. The fourth-order valence-corrected chi connectivity index (χ4v) is 2.45. The van der Waals surface area contributed by atoms with Gasteiger partial charge in [0.05, 0.1) is 23.0 Å². The lowest BCUT2D eigenvalue weighted by molar-refractivity contribution is 0.232. The number of nitrogens with zero attached hydrogens (tertiary/aromatic N) is 3. The van der Waals surface area contributed by atoms with Gasteiger partial charge in [0.1, 0.15) is 0 Å². The monoisotopic (exact) mass is 293 g/mol. The van der Waals surface area contributed by atoms with Crippen LogP contribution in [0.1, 0.15) is 19.5 Å². The number of aromatic nitrogens is 3. The summed E-state index contributed by atoms with van der Waals surface area (Å²) in [7, 11) is 0. The van der Waals surface area contributed by atoms with E-state index in [0.717, 1.165) is 22.5 Å². The van der Waals surface area contributed by atoms with E-state index in [1.807, 2.05) is 67.2 Å². The van der Waals surface area contributed by atoms with Crippen LogP contribution in [0.5, 0.6) is 5.88 Å². The van der Waals surface area contributed by atoms with Crippen LogP contribution in [0, 0.1) is 6.92 Å². The van der Waals surface area contributed by atoms with Crippen LogP contribution in [0.2, 0.25) is 0 Å². The summed E-state index contributed by atoms with van der Waals surface area (Å²) in [5.41, 5.74) is 4.06. The highest BCUT2D eigenvalue weighted by Crippen LogP contribution is 2.34. The Labute approximate surface area is 130 Å². The number of hydrogen-bond acceptors (Lipinski definition) is 3. The molecule has 0 atom stereocenters. The predicted octanol–water partition coefficient (Wildman–Crippen LogP) is 4.03. The fourth-order valence-electron chi connectivity index (χ4n) is 2.45. The minimum Gasteiger partial charge on any atom is -0.473 e. The first-order chi connectivity index (χ1) is 10.7. The Morgan fingerprint density at radius 1 is 1.05 bits per heavy atom. The number of hydrogen-bond donors (Lipinski definition) is 0. The number of rotatable bonds is 4. The number of ether oxygens (including phenoxy) is 1. The van der Waals surface area contributed by atoms with Crippen molar-refractivity contribution in [2.75, 3.05) is 0 Å². The predicted molar refractivity (Wildman–Crippen MR) is 87.3 cm³/mol. The molecule has 0 bridgehead atoms. The molecule has 1 aromatic carbocycles. The van der Waals surface area contributed by atoms with Crippen LogP contribution in [-0.2, 0) is 0 Å². The second-order valence-electron chi connectivity index (χ2n) is 5.42. The molecule has 112 valence electrons. The molecule has 0 N–H and O–H groups in total. The van der Waals surface area contributed by atoms with Crippen molar-refractivity contribution in [2.45, 2.75) is 26.9 Å². The van der Waals surface area contributed by atoms with E-state index in [4.69, 9.17) is 4.74 Å². The van der Waals surface area contributed by atoms with E-state index in [2.05, 4.69) is 17.0 Å². The molecular weight excluding hydrogens is 274 g/mol. The molecule has 3 rings (SSSR count). The van der Waals surface area contributed by atoms with Crippen LogP contribution in [0.4, 0.5) is 0 Å². The lowest BCUT2D eigenvalue weighted by atomic mass is 10.1. The summed E-state index contributed by atoms with van der Waals surface area (Å²) >= 11 is 0. The number of pyridine rings is 1. The molecule has 0 aliphatic rings. The van der Waals surface area contributed by atoms with Crippen molar-refractivity contribution in [1.82, 2.24) is 14.8 Å². The molecule has 0 saturated carbocycles.